The number of carbonyl (C=O) groups is 2. The summed E-state index contributed by atoms with van der Waals surface area (Å²) in [4.78, 5) is 26.3. The molecule has 0 heterocycles. The Hall–Kier alpha value is -2.12. The van der Waals surface area contributed by atoms with Crippen molar-refractivity contribution in [3.05, 3.63) is 46.5 Å². The number of hydrogen-bond acceptors (Lipinski definition) is 6. The molecule has 45 heavy (non-hydrogen) atoms. The number of esters is 1. The van der Waals surface area contributed by atoms with Crippen molar-refractivity contribution < 1.29 is 24.5 Å². The molecule has 0 aromatic heterocycles. The molecular weight excluding hydrogens is 601 g/mol. The number of phenols is 1. The van der Waals surface area contributed by atoms with Crippen molar-refractivity contribution in [3.63, 3.8) is 0 Å². The predicted molar refractivity (Wildman–Crippen MR) is 189 cm³/mol. The van der Waals surface area contributed by atoms with Gasteiger partial charge in [0.25, 0.3) is 0 Å². The maximum Gasteiger partial charge on any atom is 0.311 e. The van der Waals surface area contributed by atoms with E-state index in [-0.39, 0.29) is 38.6 Å². The first-order valence-corrected chi connectivity index (χ1v) is 17.9. The van der Waals surface area contributed by atoms with E-state index in [2.05, 4.69) is 107 Å². The highest BCUT2D eigenvalue weighted by Gasteiger charge is 2.38. The Labute approximate surface area is 280 Å². The summed E-state index contributed by atoms with van der Waals surface area (Å²) in [6.45, 7) is 25.7. The Morgan fingerprint density at radius 1 is 0.667 bits per heavy atom. The van der Waals surface area contributed by atoms with Gasteiger partial charge in [-0.05, 0) is 58.8 Å². The van der Waals surface area contributed by atoms with Crippen LogP contribution >= 0.6 is 23.5 Å². The van der Waals surface area contributed by atoms with E-state index in [1.807, 2.05) is 23.5 Å². The average molecular weight is 657 g/mol. The minimum atomic E-state index is -1.01. The Bertz CT molecular complexity index is 1320. The Morgan fingerprint density at radius 2 is 1.04 bits per heavy atom. The summed E-state index contributed by atoms with van der Waals surface area (Å²) in [6, 6.07) is 8.78. The zero-order valence-corrected chi connectivity index (χ0v) is 31.3. The van der Waals surface area contributed by atoms with Gasteiger partial charge in [-0.3, -0.25) is 9.59 Å². The molecule has 2 N–H and O–H groups in total. The van der Waals surface area contributed by atoms with Crippen molar-refractivity contribution in [2.24, 2.45) is 0 Å². The van der Waals surface area contributed by atoms with Crippen LogP contribution in [-0.4, -0.2) is 26.2 Å². The van der Waals surface area contributed by atoms with Gasteiger partial charge in [0.1, 0.15) is 11.5 Å². The topological polar surface area (TPSA) is 83.8 Å². The molecule has 0 radical (unpaired) electrons. The van der Waals surface area contributed by atoms with Crippen LogP contribution < -0.4 is 4.74 Å². The summed E-state index contributed by atoms with van der Waals surface area (Å²) in [6.07, 6.45) is 5.26. The summed E-state index contributed by atoms with van der Waals surface area (Å²) in [7, 11) is 0. The lowest BCUT2D eigenvalue weighted by Crippen LogP contribution is -2.25. The number of carboxylic acids is 1. The maximum atomic E-state index is 12.8. The van der Waals surface area contributed by atoms with Gasteiger partial charge in [0.05, 0.1) is 16.9 Å². The standard InChI is InChI=1S/C38H56O5S2/c1-34(2,3)26-20-24(21-27(32(26)42)35(4,5)6)44-38(18-14-13-15-19-38)45-25-22-28(36(7,8)9)33(29(23-25)37(10,11)12)43-31(41)17-16-30(39)40/h20-23,42H,13-19H2,1-12H3,(H,39,40). The van der Waals surface area contributed by atoms with Crippen LogP contribution in [0, 0.1) is 0 Å². The van der Waals surface area contributed by atoms with Gasteiger partial charge in [0.15, 0.2) is 0 Å². The monoisotopic (exact) mass is 656 g/mol. The van der Waals surface area contributed by atoms with Gasteiger partial charge in [-0.2, -0.15) is 0 Å². The number of carbonyl (C=O) groups excluding carboxylic acids is 1. The molecule has 3 rings (SSSR count). The fraction of sp³-hybridized carbons (Fsp3) is 0.632. The summed E-state index contributed by atoms with van der Waals surface area (Å²) < 4.78 is 5.91. The van der Waals surface area contributed by atoms with E-state index in [0.29, 0.717) is 11.5 Å². The SMILES string of the molecule is CC(C)(C)c1cc(SC2(Sc3cc(C(C)(C)C)c(OC(=O)CCC(=O)O)c(C(C)(C)C)c3)CCCCC2)cc(C(C)(C)C)c1O. The first-order valence-electron chi connectivity index (χ1n) is 16.3. The van der Waals surface area contributed by atoms with Crippen molar-refractivity contribution in [2.45, 2.75) is 164 Å². The molecule has 0 amide bonds. The number of ether oxygens (including phenoxy) is 1. The second-order valence-corrected chi connectivity index (χ2v) is 19.9. The lowest BCUT2D eigenvalue weighted by atomic mass is 9.79. The maximum absolute atomic E-state index is 12.8. The average Bonchev–Trinajstić information content (AvgIpc) is 2.87. The van der Waals surface area contributed by atoms with Crippen molar-refractivity contribution in [1.29, 1.82) is 0 Å². The van der Waals surface area contributed by atoms with Crippen LogP contribution in [0.5, 0.6) is 11.5 Å². The minimum Gasteiger partial charge on any atom is -0.507 e. The molecule has 0 saturated heterocycles. The molecule has 0 spiro atoms. The summed E-state index contributed by atoms with van der Waals surface area (Å²) >= 11 is 3.86. The summed E-state index contributed by atoms with van der Waals surface area (Å²) in [5.74, 6) is -0.574. The van der Waals surface area contributed by atoms with Gasteiger partial charge in [-0.15, -0.1) is 23.5 Å². The lowest BCUT2D eigenvalue weighted by molar-refractivity contribution is -0.142. The van der Waals surface area contributed by atoms with Gasteiger partial charge in [-0.25, -0.2) is 0 Å². The second-order valence-electron chi connectivity index (χ2n) is 16.8. The molecule has 2 aromatic rings. The van der Waals surface area contributed by atoms with E-state index >= 15 is 0 Å². The van der Waals surface area contributed by atoms with Crippen LogP contribution in [0.1, 0.15) is 150 Å². The number of aliphatic carboxylic acids is 1. The molecular formula is C38H56O5S2. The molecule has 1 aliphatic carbocycles. The van der Waals surface area contributed by atoms with Gasteiger partial charge in [0.2, 0.25) is 0 Å². The van der Waals surface area contributed by atoms with Gasteiger partial charge in [-0.1, -0.05) is 102 Å². The molecule has 0 aliphatic heterocycles. The summed E-state index contributed by atoms with van der Waals surface area (Å²) in [5.41, 5.74) is 2.83. The number of phenolic OH excluding ortho intramolecular Hbond substituents is 1. The first kappa shape index (κ1) is 37.3. The number of hydrogen-bond donors (Lipinski definition) is 2. The number of benzene rings is 2. The van der Waals surface area contributed by atoms with Crippen molar-refractivity contribution in [3.8, 4) is 11.5 Å². The van der Waals surface area contributed by atoms with E-state index in [9.17, 15) is 14.7 Å². The predicted octanol–water partition coefficient (Wildman–Crippen LogP) is 10.9. The molecule has 2 aromatic carbocycles. The van der Waals surface area contributed by atoms with E-state index in [0.717, 1.165) is 52.8 Å². The van der Waals surface area contributed by atoms with Crippen molar-refractivity contribution >= 4 is 35.5 Å². The lowest BCUT2D eigenvalue weighted by Gasteiger charge is -2.38. The smallest absolute Gasteiger partial charge is 0.311 e. The molecule has 7 heteroatoms. The zero-order valence-electron chi connectivity index (χ0n) is 29.7. The second kappa shape index (κ2) is 13.5. The van der Waals surface area contributed by atoms with Gasteiger partial charge in [0, 0.05) is 32.0 Å². The Kier molecular flexibility index (Phi) is 11.2. The quantitative estimate of drug-likeness (QED) is 0.166. The van der Waals surface area contributed by atoms with E-state index in [1.54, 1.807) is 0 Å². The Morgan fingerprint density at radius 3 is 1.40 bits per heavy atom. The van der Waals surface area contributed by atoms with Gasteiger partial charge >= 0.3 is 11.9 Å². The third kappa shape index (κ3) is 9.70. The third-order valence-corrected chi connectivity index (χ3v) is 11.4. The van der Waals surface area contributed by atoms with Gasteiger partial charge < -0.3 is 14.9 Å². The highest BCUT2D eigenvalue weighted by Crippen LogP contribution is 2.56. The summed E-state index contributed by atoms with van der Waals surface area (Å²) in [5, 5.41) is 20.5. The molecule has 1 aliphatic rings. The van der Waals surface area contributed by atoms with Crippen LogP contribution in [0.4, 0.5) is 0 Å². The third-order valence-electron chi connectivity index (χ3n) is 8.36. The molecule has 1 fully saturated rings. The molecule has 1 saturated carbocycles. The fourth-order valence-electron chi connectivity index (χ4n) is 5.81. The zero-order chi connectivity index (χ0) is 34.2. The van der Waals surface area contributed by atoms with Crippen LogP contribution in [0.15, 0.2) is 34.1 Å². The first-order chi connectivity index (χ1) is 20.4. The number of aromatic hydroxyl groups is 1. The number of rotatable bonds is 8. The van der Waals surface area contributed by atoms with Crippen molar-refractivity contribution in [2.75, 3.05) is 0 Å². The number of carboxylic acid groups (broad SMARTS) is 1. The Balaban J connectivity index is 2.16. The van der Waals surface area contributed by atoms with E-state index in [4.69, 9.17) is 9.84 Å². The molecule has 0 atom stereocenters. The van der Waals surface area contributed by atoms with E-state index < -0.39 is 11.9 Å². The number of thioether (sulfide) groups is 2. The molecule has 5 nitrogen and oxygen atoms in total. The fourth-order valence-corrected chi connectivity index (χ4v) is 9.11. The van der Waals surface area contributed by atoms with Crippen LogP contribution in [-0.2, 0) is 31.2 Å². The molecule has 0 unspecified atom stereocenters. The molecule has 250 valence electrons. The van der Waals surface area contributed by atoms with Crippen molar-refractivity contribution in [1.82, 2.24) is 0 Å². The largest absolute Gasteiger partial charge is 0.507 e. The normalized spacial score (nSPS) is 16.0. The van der Waals surface area contributed by atoms with Crippen LogP contribution in [0.2, 0.25) is 0 Å². The molecule has 0 bridgehead atoms. The van der Waals surface area contributed by atoms with E-state index in [1.165, 1.54) is 11.3 Å². The highest BCUT2D eigenvalue weighted by molar-refractivity contribution is 8.18. The highest BCUT2D eigenvalue weighted by atomic mass is 32.2. The minimum absolute atomic E-state index is 0.0937. The van der Waals surface area contributed by atoms with Crippen LogP contribution in [0.25, 0.3) is 0 Å². The van der Waals surface area contributed by atoms with Crippen LogP contribution in [0.3, 0.4) is 0 Å².